The van der Waals surface area contributed by atoms with E-state index in [1.54, 1.807) is 18.2 Å². The monoisotopic (exact) mass is 356 g/mol. The molecule has 0 saturated heterocycles. The summed E-state index contributed by atoms with van der Waals surface area (Å²) in [5.74, 6) is 0.0562. The van der Waals surface area contributed by atoms with Crippen molar-refractivity contribution in [1.29, 1.82) is 0 Å². The molecule has 0 radical (unpaired) electrons. The number of rotatable bonds is 6. The van der Waals surface area contributed by atoms with E-state index in [1.165, 1.54) is 12.1 Å². The van der Waals surface area contributed by atoms with Gasteiger partial charge in [-0.25, -0.2) is 14.4 Å². The molecule has 0 fully saturated rings. The van der Waals surface area contributed by atoms with Gasteiger partial charge in [0, 0.05) is 23.0 Å². The van der Waals surface area contributed by atoms with Crippen molar-refractivity contribution in [3.8, 4) is 11.3 Å². The number of ether oxygens (including phenoxy) is 1. The fraction of sp³-hybridized carbons (Fsp3) is 0.222. The van der Waals surface area contributed by atoms with Crippen LogP contribution >= 0.6 is 0 Å². The number of halogens is 1. The molecule has 0 spiro atoms. The first-order valence-electron chi connectivity index (χ1n) is 7.91. The first-order chi connectivity index (χ1) is 12.5. The highest BCUT2D eigenvalue weighted by Gasteiger charge is 2.09. The molecule has 0 saturated carbocycles. The maximum absolute atomic E-state index is 12.9. The lowest BCUT2D eigenvalue weighted by molar-refractivity contribution is -0.121. The molecule has 134 valence electrons. The van der Waals surface area contributed by atoms with Crippen LogP contribution in [-0.4, -0.2) is 27.6 Å². The summed E-state index contributed by atoms with van der Waals surface area (Å²) < 4.78 is 23.5. The number of hydrogen-bond donors (Lipinski definition) is 1. The quantitative estimate of drug-likeness (QED) is 0.730. The van der Waals surface area contributed by atoms with Crippen molar-refractivity contribution in [2.45, 2.75) is 20.5 Å². The smallest absolute Gasteiger partial charge is 0.252 e. The summed E-state index contributed by atoms with van der Waals surface area (Å²) in [6, 6.07) is 9.37. The molecule has 0 aliphatic rings. The van der Waals surface area contributed by atoms with Crippen molar-refractivity contribution in [2.24, 2.45) is 0 Å². The Balaban J connectivity index is 1.50. The molecule has 0 unspecified atom stereocenters. The van der Waals surface area contributed by atoms with Gasteiger partial charge in [0.15, 0.2) is 5.76 Å². The van der Waals surface area contributed by atoms with Gasteiger partial charge < -0.3 is 9.26 Å². The van der Waals surface area contributed by atoms with E-state index in [2.05, 4.69) is 20.4 Å². The Kier molecular flexibility index (Phi) is 5.33. The summed E-state index contributed by atoms with van der Waals surface area (Å²) in [5, 5.41) is 6.45. The third-order valence-electron chi connectivity index (χ3n) is 3.40. The zero-order valence-electron chi connectivity index (χ0n) is 14.3. The third-order valence-corrected chi connectivity index (χ3v) is 3.40. The number of aromatic nitrogens is 3. The summed E-state index contributed by atoms with van der Waals surface area (Å²) >= 11 is 0. The van der Waals surface area contributed by atoms with Crippen LogP contribution in [0.15, 0.2) is 40.9 Å². The van der Waals surface area contributed by atoms with Crippen molar-refractivity contribution in [1.82, 2.24) is 15.1 Å². The third kappa shape index (κ3) is 4.70. The van der Waals surface area contributed by atoms with E-state index in [1.807, 2.05) is 19.9 Å². The second-order valence-electron chi connectivity index (χ2n) is 5.70. The number of amides is 1. The number of carbonyl (C=O) groups excluding carboxylic acids is 1. The van der Waals surface area contributed by atoms with Gasteiger partial charge in [0.2, 0.25) is 5.95 Å². The Morgan fingerprint density at radius 2 is 1.85 bits per heavy atom. The normalized spacial score (nSPS) is 10.7. The van der Waals surface area contributed by atoms with Crippen LogP contribution in [0.2, 0.25) is 0 Å². The predicted octanol–water partition coefficient (Wildman–Crippen LogP) is 3.04. The highest BCUT2D eigenvalue weighted by molar-refractivity contribution is 5.89. The summed E-state index contributed by atoms with van der Waals surface area (Å²) in [7, 11) is 0. The molecule has 0 atom stereocenters. The number of hydrogen-bond acceptors (Lipinski definition) is 6. The highest BCUT2D eigenvalue weighted by atomic mass is 19.1. The molecule has 0 aliphatic carbocycles. The molecule has 0 aliphatic heterocycles. The maximum Gasteiger partial charge on any atom is 0.252 e. The van der Waals surface area contributed by atoms with Crippen LogP contribution < -0.4 is 5.32 Å². The molecule has 8 heteroatoms. The Hall–Kier alpha value is -3.13. The zero-order chi connectivity index (χ0) is 18.5. The minimum atomic E-state index is -0.364. The number of carbonyl (C=O) groups is 1. The van der Waals surface area contributed by atoms with Crippen molar-refractivity contribution in [3.05, 3.63) is 59.3 Å². The van der Waals surface area contributed by atoms with Crippen LogP contribution in [0.25, 0.3) is 11.3 Å². The summed E-state index contributed by atoms with van der Waals surface area (Å²) in [6.07, 6.45) is 0. The van der Waals surface area contributed by atoms with Gasteiger partial charge in [-0.3, -0.25) is 10.1 Å². The number of anilines is 1. The molecular formula is C18H17FN4O3. The summed E-state index contributed by atoms with van der Waals surface area (Å²) in [6.45, 7) is 3.58. The van der Waals surface area contributed by atoms with Crippen LogP contribution in [0.5, 0.6) is 0 Å². The molecule has 3 rings (SSSR count). The average Bonchev–Trinajstić information content (AvgIpc) is 3.03. The first-order valence-corrected chi connectivity index (χ1v) is 7.91. The van der Waals surface area contributed by atoms with Gasteiger partial charge in [0.05, 0.1) is 6.61 Å². The molecule has 3 aromatic rings. The lowest BCUT2D eigenvalue weighted by Crippen LogP contribution is -2.20. The fourth-order valence-corrected chi connectivity index (χ4v) is 2.32. The Morgan fingerprint density at radius 3 is 2.54 bits per heavy atom. The fourth-order valence-electron chi connectivity index (χ4n) is 2.32. The van der Waals surface area contributed by atoms with Crippen molar-refractivity contribution < 1.29 is 18.4 Å². The van der Waals surface area contributed by atoms with E-state index in [9.17, 15) is 9.18 Å². The minimum Gasteiger partial charge on any atom is -0.365 e. The first kappa shape index (κ1) is 17.7. The highest BCUT2D eigenvalue weighted by Crippen LogP contribution is 2.20. The van der Waals surface area contributed by atoms with E-state index < -0.39 is 0 Å². The molecule has 7 nitrogen and oxygen atoms in total. The van der Waals surface area contributed by atoms with Crippen LogP contribution in [-0.2, 0) is 16.1 Å². The zero-order valence-corrected chi connectivity index (χ0v) is 14.3. The molecule has 26 heavy (non-hydrogen) atoms. The van der Waals surface area contributed by atoms with E-state index >= 15 is 0 Å². The van der Waals surface area contributed by atoms with Gasteiger partial charge in [-0.05, 0) is 44.2 Å². The molecule has 1 amide bonds. The van der Waals surface area contributed by atoms with Crippen LogP contribution in [0, 0.1) is 19.7 Å². The lowest BCUT2D eigenvalue weighted by Gasteiger charge is -2.05. The summed E-state index contributed by atoms with van der Waals surface area (Å²) in [4.78, 5) is 20.1. The average molecular weight is 356 g/mol. The van der Waals surface area contributed by atoms with Gasteiger partial charge in [-0.1, -0.05) is 5.16 Å². The lowest BCUT2D eigenvalue weighted by atomic mass is 10.1. The Morgan fingerprint density at radius 1 is 1.15 bits per heavy atom. The van der Waals surface area contributed by atoms with Crippen molar-refractivity contribution in [2.75, 3.05) is 11.9 Å². The van der Waals surface area contributed by atoms with Crippen molar-refractivity contribution >= 4 is 11.9 Å². The van der Waals surface area contributed by atoms with E-state index in [0.717, 1.165) is 11.4 Å². The number of aryl methyl sites for hydroxylation is 2. The molecular weight excluding hydrogens is 339 g/mol. The molecule has 0 bridgehead atoms. The van der Waals surface area contributed by atoms with Crippen LogP contribution in [0.1, 0.15) is 17.1 Å². The largest absolute Gasteiger partial charge is 0.365 e. The number of nitrogens with zero attached hydrogens (tertiary/aromatic N) is 3. The van der Waals surface area contributed by atoms with E-state index in [-0.39, 0.29) is 30.9 Å². The van der Waals surface area contributed by atoms with Gasteiger partial charge in [0.1, 0.15) is 18.1 Å². The van der Waals surface area contributed by atoms with Gasteiger partial charge in [-0.2, -0.15) is 0 Å². The standard InChI is InChI=1S/C18H17FN4O3/c1-11-7-12(2)21-18(20-11)22-17(24)10-25-9-15-8-16(26-23-15)13-3-5-14(19)6-4-13/h3-8H,9-10H2,1-2H3,(H,20,21,22,24). The van der Waals surface area contributed by atoms with Crippen LogP contribution in [0.4, 0.5) is 10.3 Å². The second kappa shape index (κ2) is 7.83. The predicted molar refractivity (Wildman–Crippen MR) is 91.7 cm³/mol. The van der Waals surface area contributed by atoms with Gasteiger partial charge >= 0.3 is 0 Å². The van der Waals surface area contributed by atoms with Crippen LogP contribution in [0.3, 0.4) is 0 Å². The number of benzene rings is 1. The van der Waals surface area contributed by atoms with Gasteiger partial charge in [-0.15, -0.1) is 0 Å². The van der Waals surface area contributed by atoms with E-state index in [0.29, 0.717) is 17.0 Å². The van der Waals surface area contributed by atoms with E-state index in [4.69, 9.17) is 9.26 Å². The molecule has 2 heterocycles. The molecule has 1 N–H and O–H groups in total. The van der Waals surface area contributed by atoms with Crippen molar-refractivity contribution in [3.63, 3.8) is 0 Å². The molecule has 1 aromatic carbocycles. The topological polar surface area (TPSA) is 90.1 Å². The Bertz CT molecular complexity index is 889. The maximum atomic E-state index is 12.9. The van der Waals surface area contributed by atoms with Gasteiger partial charge in [0.25, 0.3) is 5.91 Å². The summed E-state index contributed by atoms with van der Waals surface area (Å²) in [5.41, 5.74) is 2.77. The Labute approximate surface area is 149 Å². The SMILES string of the molecule is Cc1cc(C)nc(NC(=O)COCc2cc(-c3ccc(F)cc3)on2)n1. The number of nitrogens with one attached hydrogen (secondary N) is 1. The molecule has 2 aromatic heterocycles. The minimum absolute atomic E-state index is 0.103. The second-order valence-corrected chi connectivity index (χ2v) is 5.70.